The fourth-order valence-corrected chi connectivity index (χ4v) is 1.96. The topological polar surface area (TPSA) is 70.0 Å². The van der Waals surface area contributed by atoms with Gasteiger partial charge >= 0.3 is 6.18 Å². The first-order chi connectivity index (χ1) is 11.3. The SMILES string of the molecule is N#C[C@@H](C(=O)Nc1ccccc1)C(=O)c1ccc(C(F)(F)F)cc1. The highest BCUT2D eigenvalue weighted by atomic mass is 19.4. The number of carbonyl (C=O) groups excluding carboxylic acids is 2. The van der Waals surface area contributed by atoms with Crippen LogP contribution in [0.25, 0.3) is 0 Å². The number of hydrogen-bond acceptors (Lipinski definition) is 3. The molecule has 0 aliphatic heterocycles. The summed E-state index contributed by atoms with van der Waals surface area (Å²) in [6.45, 7) is 0. The molecule has 1 N–H and O–H groups in total. The van der Waals surface area contributed by atoms with Gasteiger partial charge in [0.05, 0.1) is 11.6 Å². The maximum atomic E-state index is 12.5. The second kappa shape index (κ2) is 6.96. The molecule has 2 aromatic rings. The van der Waals surface area contributed by atoms with Crippen molar-refractivity contribution in [2.24, 2.45) is 5.92 Å². The van der Waals surface area contributed by atoms with Crippen molar-refractivity contribution in [3.63, 3.8) is 0 Å². The van der Waals surface area contributed by atoms with Crippen LogP contribution in [0, 0.1) is 17.2 Å². The molecule has 122 valence electrons. The van der Waals surface area contributed by atoms with Gasteiger partial charge in [-0.25, -0.2) is 0 Å². The Morgan fingerprint density at radius 2 is 1.58 bits per heavy atom. The number of nitriles is 1. The molecule has 0 saturated carbocycles. The van der Waals surface area contributed by atoms with Crippen molar-refractivity contribution in [3.8, 4) is 6.07 Å². The van der Waals surface area contributed by atoms with Gasteiger partial charge in [-0.3, -0.25) is 9.59 Å². The van der Waals surface area contributed by atoms with Crippen LogP contribution in [-0.2, 0) is 11.0 Å². The molecule has 0 spiro atoms. The van der Waals surface area contributed by atoms with E-state index in [1.165, 1.54) is 0 Å². The van der Waals surface area contributed by atoms with E-state index in [0.29, 0.717) is 5.69 Å². The first-order valence-corrected chi connectivity index (χ1v) is 6.80. The number of rotatable bonds is 4. The van der Waals surface area contributed by atoms with Gasteiger partial charge in [-0.05, 0) is 24.3 Å². The number of halogens is 3. The third kappa shape index (κ3) is 3.98. The largest absolute Gasteiger partial charge is 0.416 e. The highest BCUT2D eigenvalue weighted by Crippen LogP contribution is 2.29. The van der Waals surface area contributed by atoms with Crippen LogP contribution < -0.4 is 5.32 Å². The van der Waals surface area contributed by atoms with E-state index in [1.54, 1.807) is 36.4 Å². The molecule has 2 rings (SSSR count). The van der Waals surface area contributed by atoms with E-state index in [1.807, 2.05) is 0 Å². The molecule has 0 radical (unpaired) electrons. The van der Waals surface area contributed by atoms with Crippen LogP contribution in [0.15, 0.2) is 54.6 Å². The Bertz CT molecular complexity index is 778. The van der Waals surface area contributed by atoms with Gasteiger partial charge in [0, 0.05) is 11.3 Å². The molecule has 1 amide bonds. The van der Waals surface area contributed by atoms with E-state index in [4.69, 9.17) is 5.26 Å². The van der Waals surface area contributed by atoms with E-state index in [2.05, 4.69) is 5.32 Å². The zero-order valence-electron chi connectivity index (χ0n) is 12.2. The molecule has 0 saturated heterocycles. The van der Waals surface area contributed by atoms with E-state index in [-0.39, 0.29) is 5.56 Å². The standard InChI is InChI=1S/C17H11F3N2O2/c18-17(19,20)12-8-6-11(7-9-12)15(23)14(10-21)16(24)22-13-4-2-1-3-5-13/h1-9,14H,(H,22,24)/t14-/m1/s1. The Balaban J connectivity index is 2.17. The number of amides is 1. The summed E-state index contributed by atoms with van der Waals surface area (Å²) in [7, 11) is 0. The average molecular weight is 332 g/mol. The molecule has 0 unspecified atom stereocenters. The number of hydrogen-bond donors (Lipinski definition) is 1. The molecular weight excluding hydrogens is 321 g/mol. The summed E-state index contributed by atoms with van der Waals surface area (Å²) in [6, 6.07) is 13.2. The Labute approximate surface area is 135 Å². The highest BCUT2D eigenvalue weighted by Gasteiger charge is 2.32. The van der Waals surface area contributed by atoms with E-state index < -0.39 is 29.3 Å². The van der Waals surface area contributed by atoms with E-state index in [9.17, 15) is 22.8 Å². The maximum Gasteiger partial charge on any atom is 0.416 e. The van der Waals surface area contributed by atoms with Crippen molar-refractivity contribution >= 4 is 17.4 Å². The first-order valence-electron chi connectivity index (χ1n) is 6.80. The summed E-state index contributed by atoms with van der Waals surface area (Å²) in [6.07, 6.45) is -4.53. The lowest BCUT2D eigenvalue weighted by atomic mass is 9.97. The van der Waals surface area contributed by atoms with Crippen LogP contribution in [0.2, 0.25) is 0 Å². The molecule has 0 bridgehead atoms. The molecule has 0 heterocycles. The maximum absolute atomic E-state index is 12.5. The van der Waals surface area contributed by atoms with Crippen molar-refractivity contribution in [3.05, 3.63) is 65.7 Å². The molecule has 0 aliphatic carbocycles. The van der Waals surface area contributed by atoms with Crippen molar-refractivity contribution < 1.29 is 22.8 Å². The Morgan fingerprint density at radius 3 is 2.08 bits per heavy atom. The Morgan fingerprint density at radius 1 is 1.00 bits per heavy atom. The summed E-state index contributed by atoms with van der Waals surface area (Å²) in [5, 5.41) is 11.5. The minimum atomic E-state index is -4.53. The number of anilines is 1. The summed E-state index contributed by atoms with van der Waals surface area (Å²) in [5.74, 6) is -3.35. The number of carbonyl (C=O) groups is 2. The molecular formula is C17H11F3N2O2. The van der Waals surface area contributed by atoms with Gasteiger partial charge in [0.15, 0.2) is 11.7 Å². The molecule has 4 nitrogen and oxygen atoms in total. The van der Waals surface area contributed by atoms with Crippen LogP contribution in [0.1, 0.15) is 15.9 Å². The third-order valence-corrected chi connectivity index (χ3v) is 3.19. The second-order valence-corrected chi connectivity index (χ2v) is 4.86. The fraction of sp³-hybridized carbons (Fsp3) is 0.118. The lowest BCUT2D eigenvalue weighted by molar-refractivity contribution is -0.137. The summed E-state index contributed by atoms with van der Waals surface area (Å²) in [5.41, 5.74) is -0.651. The highest BCUT2D eigenvalue weighted by molar-refractivity contribution is 6.15. The van der Waals surface area contributed by atoms with E-state index in [0.717, 1.165) is 24.3 Å². The zero-order valence-corrected chi connectivity index (χ0v) is 12.2. The van der Waals surface area contributed by atoms with Gasteiger partial charge in [0.1, 0.15) is 0 Å². The smallest absolute Gasteiger partial charge is 0.325 e. The predicted molar refractivity (Wildman–Crippen MR) is 79.9 cm³/mol. The molecule has 24 heavy (non-hydrogen) atoms. The van der Waals surface area contributed by atoms with E-state index >= 15 is 0 Å². The minimum Gasteiger partial charge on any atom is -0.325 e. The Kier molecular flexibility index (Phi) is 4.99. The van der Waals surface area contributed by atoms with Gasteiger partial charge < -0.3 is 5.32 Å². The summed E-state index contributed by atoms with van der Waals surface area (Å²) in [4.78, 5) is 24.3. The quantitative estimate of drug-likeness (QED) is 0.686. The van der Waals surface area contributed by atoms with Gasteiger partial charge in [-0.15, -0.1) is 0 Å². The number of nitrogens with zero attached hydrogens (tertiary/aromatic N) is 1. The monoisotopic (exact) mass is 332 g/mol. The van der Waals surface area contributed by atoms with Crippen LogP contribution in [0.4, 0.5) is 18.9 Å². The third-order valence-electron chi connectivity index (χ3n) is 3.19. The second-order valence-electron chi connectivity index (χ2n) is 4.86. The zero-order chi connectivity index (χ0) is 17.7. The lowest BCUT2D eigenvalue weighted by Crippen LogP contribution is -2.28. The van der Waals surface area contributed by atoms with Crippen LogP contribution >= 0.6 is 0 Å². The predicted octanol–water partition coefficient (Wildman–Crippen LogP) is 3.67. The summed E-state index contributed by atoms with van der Waals surface area (Å²) >= 11 is 0. The number of alkyl halides is 3. The minimum absolute atomic E-state index is 0.141. The van der Waals surface area contributed by atoms with Crippen molar-refractivity contribution in [1.82, 2.24) is 0 Å². The Hall–Kier alpha value is -3.14. The van der Waals surface area contributed by atoms with Crippen molar-refractivity contribution in [1.29, 1.82) is 5.26 Å². The molecule has 7 heteroatoms. The van der Waals surface area contributed by atoms with Crippen LogP contribution in [0.5, 0.6) is 0 Å². The first kappa shape index (κ1) is 17.2. The number of Topliss-reactive ketones (excluding diaryl/α,β-unsaturated/α-hetero) is 1. The number of ketones is 1. The normalized spacial score (nSPS) is 12.1. The van der Waals surface area contributed by atoms with Gasteiger partial charge in [0.25, 0.3) is 0 Å². The number of benzene rings is 2. The van der Waals surface area contributed by atoms with Crippen molar-refractivity contribution in [2.45, 2.75) is 6.18 Å². The molecule has 0 aliphatic rings. The molecule has 0 fully saturated rings. The number of nitrogens with one attached hydrogen (secondary N) is 1. The van der Waals surface area contributed by atoms with Crippen LogP contribution in [-0.4, -0.2) is 11.7 Å². The summed E-state index contributed by atoms with van der Waals surface area (Å²) < 4.78 is 37.5. The van der Waals surface area contributed by atoms with Gasteiger partial charge in [-0.1, -0.05) is 30.3 Å². The van der Waals surface area contributed by atoms with Crippen molar-refractivity contribution in [2.75, 3.05) is 5.32 Å². The van der Waals surface area contributed by atoms with Gasteiger partial charge in [0.2, 0.25) is 5.91 Å². The number of para-hydroxylation sites is 1. The fourth-order valence-electron chi connectivity index (χ4n) is 1.96. The molecule has 2 aromatic carbocycles. The van der Waals surface area contributed by atoms with Gasteiger partial charge in [-0.2, -0.15) is 18.4 Å². The molecule has 0 aromatic heterocycles. The average Bonchev–Trinajstić information content (AvgIpc) is 2.55. The van der Waals surface area contributed by atoms with Crippen LogP contribution in [0.3, 0.4) is 0 Å². The molecule has 1 atom stereocenters. The lowest BCUT2D eigenvalue weighted by Gasteiger charge is -2.11.